The van der Waals surface area contributed by atoms with Crippen LogP contribution in [0.5, 0.6) is 0 Å². The lowest BCUT2D eigenvalue weighted by molar-refractivity contribution is 0.104. The smallest absolute Gasteiger partial charge is 0.185 e. The highest BCUT2D eigenvalue weighted by molar-refractivity contribution is 6.31. The first-order valence-electron chi connectivity index (χ1n) is 8.81. The minimum atomic E-state index is -0.00136. The fourth-order valence-electron chi connectivity index (χ4n) is 3.21. The first-order valence-corrected chi connectivity index (χ1v) is 9.19. The van der Waals surface area contributed by atoms with E-state index in [0.717, 1.165) is 27.1 Å². The minimum absolute atomic E-state index is 0.00136. The third-order valence-corrected chi connectivity index (χ3v) is 4.96. The summed E-state index contributed by atoms with van der Waals surface area (Å²) >= 11 is 6.33. The van der Waals surface area contributed by atoms with E-state index in [1.165, 1.54) is 0 Å². The maximum absolute atomic E-state index is 12.4. The van der Waals surface area contributed by atoms with Gasteiger partial charge in [0.25, 0.3) is 0 Å². The van der Waals surface area contributed by atoms with Gasteiger partial charge in [0.15, 0.2) is 5.78 Å². The van der Waals surface area contributed by atoms with E-state index in [9.17, 15) is 4.79 Å². The number of benzene rings is 3. The SMILES string of the molecule is O=C(/C=C/c1cn(Cc2ccccc2Cl)c2ccccc12)c1ccccc1. The van der Waals surface area contributed by atoms with Gasteiger partial charge in [0.2, 0.25) is 0 Å². The van der Waals surface area contributed by atoms with Crippen molar-refractivity contribution in [3.8, 4) is 0 Å². The normalized spacial score (nSPS) is 11.3. The van der Waals surface area contributed by atoms with Gasteiger partial charge in [-0.05, 0) is 29.8 Å². The molecule has 0 bridgehead atoms. The Labute approximate surface area is 163 Å². The molecule has 0 N–H and O–H groups in total. The molecule has 4 rings (SSSR count). The van der Waals surface area contributed by atoms with Gasteiger partial charge in [-0.1, -0.05) is 78.3 Å². The third-order valence-electron chi connectivity index (χ3n) is 4.59. The highest BCUT2D eigenvalue weighted by Gasteiger charge is 2.09. The minimum Gasteiger partial charge on any atom is -0.342 e. The first-order chi connectivity index (χ1) is 13.2. The predicted molar refractivity (Wildman–Crippen MR) is 112 cm³/mol. The number of ketones is 1. The topological polar surface area (TPSA) is 22.0 Å². The molecule has 1 heterocycles. The molecule has 0 amide bonds. The first kappa shape index (κ1) is 17.3. The number of nitrogens with zero attached hydrogens (tertiary/aromatic N) is 1. The zero-order valence-electron chi connectivity index (χ0n) is 14.7. The standard InChI is InChI=1S/C24H18ClNO/c25-22-12-6-4-10-20(22)17-26-16-19(21-11-5-7-13-23(21)26)14-15-24(27)18-8-2-1-3-9-18/h1-16H,17H2/b15-14+. The molecule has 0 radical (unpaired) electrons. The van der Waals surface area contributed by atoms with Crippen molar-refractivity contribution in [2.45, 2.75) is 6.54 Å². The van der Waals surface area contributed by atoms with Crippen molar-refractivity contribution >= 4 is 34.4 Å². The molecule has 0 aliphatic heterocycles. The van der Waals surface area contributed by atoms with E-state index in [1.54, 1.807) is 6.08 Å². The largest absolute Gasteiger partial charge is 0.342 e. The van der Waals surface area contributed by atoms with Crippen LogP contribution in [0.2, 0.25) is 5.02 Å². The molecule has 0 fully saturated rings. The number of carbonyl (C=O) groups excluding carboxylic acids is 1. The van der Waals surface area contributed by atoms with E-state index in [0.29, 0.717) is 12.1 Å². The number of aromatic nitrogens is 1. The van der Waals surface area contributed by atoms with Crippen molar-refractivity contribution in [2.24, 2.45) is 0 Å². The quantitative estimate of drug-likeness (QED) is 0.300. The maximum atomic E-state index is 12.4. The number of hydrogen-bond donors (Lipinski definition) is 0. The van der Waals surface area contributed by atoms with Crippen molar-refractivity contribution in [2.75, 3.05) is 0 Å². The van der Waals surface area contributed by atoms with Crippen molar-refractivity contribution in [1.29, 1.82) is 0 Å². The summed E-state index contributed by atoms with van der Waals surface area (Å²) in [5, 5.41) is 1.87. The molecule has 3 heteroatoms. The Balaban J connectivity index is 1.69. The number of allylic oxidation sites excluding steroid dienone is 1. The number of rotatable bonds is 5. The zero-order chi connectivity index (χ0) is 18.6. The Kier molecular flexibility index (Phi) is 4.91. The van der Waals surface area contributed by atoms with Crippen LogP contribution < -0.4 is 0 Å². The third kappa shape index (κ3) is 3.71. The highest BCUT2D eigenvalue weighted by Crippen LogP contribution is 2.25. The highest BCUT2D eigenvalue weighted by atomic mass is 35.5. The van der Waals surface area contributed by atoms with Gasteiger partial charge < -0.3 is 4.57 Å². The average Bonchev–Trinajstić information content (AvgIpc) is 3.06. The van der Waals surface area contributed by atoms with Crippen LogP contribution >= 0.6 is 11.6 Å². The molecule has 0 spiro atoms. The van der Waals surface area contributed by atoms with E-state index < -0.39 is 0 Å². The molecule has 132 valence electrons. The lowest BCUT2D eigenvalue weighted by Gasteiger charge is -2.07. The molecule has 0 unspecified atom stereocenters. The summed E-state index contributed by atoms with van der Waals surface area (Å²) in [5.41, 5.74) is 3.88. The second kappa shape index (κ2) is 7.65. The Bertz CT molecular complexity index is 1130. The van der Waals surface area contributed by atoms with Gasteiger partial charge in [-0.25, -0.2) is 0 Å². The molecule has 2 nitrogen and oxygen atoms in total. The summed E-state index contributed by atoms with van der Waals surface area (Å²) in [6.07, 6.45) is 5.60. The van der Waals surface area contributed by atoms with Crippen LogP contribution in [0, 0.1) is 0 Å². The number of fused-ring (bicyclic) bond motifs is 1. The van der Waals surface area contributed by atoms with Gasteiger partial charge in [0, 0.05) is 39.8 Å². The predicted octanol–water partition coefficient (Wildman–Crippen LogP) is 6.24. The van der Waals surface area contributed by atoms with Crippen LogP contribution in [0.1, 0.15) is 21.5 Å². The molecule has 0 aliphatic rings. The van der Waals surface area contributed by atoms with E-state index in [-0.39, 0.29) is 5.78 Å². The number of hydrogen-bond acceptors (Lipinski definition) is 1. The Morgan fingerprint density at radius 1 is 0.889 bits per heavy atom. The van der Waals surface area contributed by atoms with Crippen LogP contribution in [0.3, 0.4) is 0 Å². The zero-order valence-corrected chi connectivity index (χ0v) is 15.4. The summed E-state index contributed by atoms with van der Waals surface area (Å²) < 4.78 is 2.17. The molecule has 1 aromatic heterocycles. The molecule has 4 aromatic rings. The van der Waals surface area contributed by atoms with Crippen LogP contribution in [0.25, 0.3) is 17.0 Å². The summed E-state index contributed by atoms with van der Waals surface area (Å²) in [6, 6.07) is 25.4. The fourth-order valence-corrected chi connectivity index (χ4v) is 3.41. The van der Waals surface area contributed by atoms with Gasteiger partial charge in [0.1, 0.15) is 0 Å². The van der Waals surface area contributed by atoms with Crippen LogP contribution in [0.15, 0.2) is 91.1 Å². The van der Waals surface area contributed by atoms with Crippen molar-refractivity contribution in [3.63, 3.8) is 0 Å². The maximum Gasteiger partial charge on any atom is 0.185 e. The molecule has 27 heavy (non-hydrogen) atoms. The molecule has 3 aromatic carbocycles. The number of halogens is 1. The van der Waals surface area contributed by atoms with E-state index >= 15 is 0 Å². The van der Waals surface area contributed by atoms with Crippen molar-refractivity contribution in [1.82, 2.24) is 4.57 Å². The van der Waals surface area contributed by atoms with Gasteiger partial charge in [-0.2, -0.15) is 0 Å². The Morgan fingerprint density at radius 2 is 1.59 bits per heavy atom. The van der Waals surface area contributed by atoms with Gasteiger partial charge in [-0.3, -0.25) is 4.79 Å². The average molecular weight is 372 g/mol. The molecular formula is C24H18ClNO. The summed E-state index contributed by atoms with van der Waals surface area (Å²) in [6.45, 7) is 0.681. The lowest BCUT2D eigenvalue weighted by atomic mass is 10.1. The van der Waals surface area contributed by atoms with Gasteiger partial charge in [0.05, 0.1) is 0 Å². The van der Waals surface area contributed by atoms with Crippen molar-refractivity contribution in [3.05, 3.63) is 113 Å². The van der Waals surface area contributed by atoms with Gasteiger partial charge >= 0.3 is 0 Å². The molecule has 0 saturated heterocycles. The molecule has 0 saturated carbocycles. The second-order valence-electron chi connectivity index (χ2n) is 6.38. The molecule has 0 aliphatic carbocycles. The Hall–Kier alpha value is -3.10. The summed E-state index contributed by atoms with van der Waals surface area (Å²) in [7, 11) is 0. The van der Waals surface area contributed by atoms with Gasteiger partial charge in [-0.15, -0.1) is 0 Å². The number of para-hydroxylation sites is 1. The van der Waals surface area contributed by atoms with Crippen LogP contribution in [0.4, 0.5) is 0 Å². The number of carbonyl (C=O) groups is 1. The summed E-state index contributed by atoms with van der Waals surface area (Å²) in [5.74, 6) is -0.00136. The molecular weight excluding hydrogens is 354 g/mol. The Morgan fingerprint density at radius 3 is 2.41 bits per heavy atom. The van der Waals surface area contributed by atoms with Crippen LogP contribution in [-0.2, 0) is 6.54 Å². The van der Waals surface area contributed by atoms with E-state index in [2.05, 4.69) is 22.9 Å². The van der Waals surface area contributed by atoms with Crippen LogP contribution in [-0.4, -0.2) is 10.4 Å². The fraction of sp³-hybridized carbons (Fsp3) is 0.0417. The van der Waals surface area contributed by atoms with E-state index in [1.807, 2.05) is 72.8 Å². The van der Waals surface area contributed by atoms with Crippen molar-refractivity contribution < 1.29 is 4.79 Å². The summed E-state index contributed by atoms with van der Waals surface area (Å²) in [4.78, 5) is 12.4. The van der Waals surface area contributed by atoms with E-state index in [4.69, 9.17) is 11.6 Å². The lowest BCUT2D eigenvalue weighted by Crippen LogP contribution is -1.98. The second-order valence-corrected chi connectivity index (χ2v) is 6.79. The molecule has 0 atom stereocenters. The monoisotopic (exact) mass is 371 g/mol.